The van der Waals surface area contributed by atoms with Gasteiger partial charge in [-0.1, -0.05) is 0 Å². The Kier molecular flexibility index (Phi) is 1.26. The van der Waals surface area contributed by atoms with E-state index in [1.807, 2.05) is 0 Å². The van der Waals surface area contributed by atoms with Crippen molar-refractivity contribution in [3.8, 4) is 0 Å². The van der Waals surface area contributed by atoms with Gasteiger partial charge in [-0.3, -0.25) is 0 Å². The van der Waals surface area contributed by atoms with Gasteiger partial charge in [-0.2, -0.15) is 0 Å². The number of hydrogen-bond donors (Lipinski definition) is 4. The second-order valence-electron chi connectivity index (χ2n) is 1.72. The molecule has 4 nitrogen and oxygen atoms in total. The molecule has 4 heteroatoms. The topological polar surface area (TPSA) is 76.1 Å². The van der Waals surface area contributed by atoms with Crippen LogP contribution < -0.4 is 22.3 Å². The maximum absolute atomic E-state index is 5.46. The summed E-state index contributed by atoms with van der Waals surface area (Å²) >= 11 is 0. The highest BCUT2D eigenvalue weighted by Gasteiger charge is 2.07. The van der Waals surface area contributed by atoms with Crippen LogP contribution in [0.5, 0.6) is 0 Å². The lowest BCUT2D eigenvalue weighted by molar-refractivity contribution is 0.758. The number of rotatable bonds is 1. The van der Waals surface area contributed by atoms with Crippen molar-refractivity contribution in [1.82, 2.24) is 10.7 Å². The summed E-state index contributed by atoms with van der Waals surface area (Å²) in [5.41, 5.74) is 8.73. The molecule has 1 rings (SSSR count). The number of nitrogens with one attached hydrogen (secondary N) is 2. The van der Waals surface area contributed by atoms with Crippen molar-refractivity contribution in [2.75, 3.05) is 6.54 Å². The van der Waals surface area contributed by atoms with Crippen LogP contribution in [0.2, 0.25) is 0 Å². The van der Waals surface area contributed by atoms with Crippen molar-refractivity contribution in [3.05, 3.63) is 11.5 Å². The molecule has 1 heterocycles. The van der Waals surface area contributed by atoms with E-state index in [4.69, 9.17) is 11.6 Å². The predicted octanol–water partition coefficient (Wildman–Crippen LogP) is -1.43. The second-order valence-corrected chi connectivity index (χ2v) is 1.72. The maximum atomic E-state index is 5.46. The molecule has 0 aromatic heterocycles. The normalized spacial score (nSPS) is 18.6. The summed E-state index contributed by atoms with van der Waals surface area (Å²) in [7, 11) is 0. The van der Waals surface area contributed by atoms with Crippen LogP contribution >= 0.6 is 0 Å². The first kappa shape index (κ1) is 5.24. The fourth-order valence-corrected chi connectivity index (χ4v) is 0.704. The largest absolute Gasteiger partial charge is 0.399 e. The summed E-state index contributed by atoms with van der Waals surface area (Å²) in [5, 5.41) is 2.97. The lowest BCUT2D eigenvalue weighted by Crippen LogP contribution is -2.29. The van der Waals surface area contributed by atoms with E-state index in [1.165, 1.54) is 0 Å². The van der Waals surface area contributed by atoms with E-state index >= 15 is 0 Å². The summed E-state index contributed by atoms with van der Waals surface area (Å²) in [6.45, 7) is 0.894. The van der Waals surface area contributed by atoms with Crippen LogP contribution in [0.25, 0.3) is 0 Å². The fraction of sp³-hybridized carbons (Fsp3) is 0.500. The van der Waals surface area contributed by atoms with Crippen molar-refractivity contribution < 1.29 is 0 Å². The average Bonchev–Trinajstić information content (AvgIpc) is 2.14. The molecule has 0 radical (unpaired) electrons. The molecule has 0 saturated carbocycles. The van der Waals surface area contributed by atoms with Gasteiger partial charge >= 0.3 is 0 Å². The van der Waals surface area contributed by atoms with Gasteiger partial charge in [0.15, 0.2) is 0 Å². The van der Waals surface area contributed by atoms with Gasteiger partial charge in [0.05, 0.1) is 5.70 Å². The molecule has 0 atom stereocenters. The molecular weight excluding hydrogens is 104 g/mol. The number of nitrogens with two attached hydrogens (primary N) is 2. The fourth-order valence-electron chi connectivity index (χ4n) is 0.704. The lowest BCUT2D eigenvalue weighted by Gasteiger charge is -2.00. The van der Waals surface area contributed by atoms with Gasteiger partial charge in [-0.25, -0.2) is 5.84 Å². The van der Waals surface area contributed by atoms with Gasteiger partial charge in [-0.05, 0) is 0 Å². The van der Waals surface area contributed by atoms with Crippen molar-refractivity contribution >= 4 is 0 Å². The zero-order valence-corrected chi connectivity index (χ0v) is 4.57. The van der Waals surface area contributed by atoms with Gasteiger partial charge in [0.1, 0.15) is 5.82 Å². The van der Waals surface area contributed by atoms with E-state index in [2.05, 4.69) is 10.7 Å². The predicted molar refractivity (Wildman–Crippen MR) is 31.2 cm³/mol. The first-order chi connectivity index (χ1) is 3.84. The van der Waals surface area contributed by atoms with Crippen LogP contribution in [-0.2, 0) is 0 Å². The molecule has 46 valence electrons. The Morgan fingerprint density at radius 2 is 2.38 bits per heavy atom. The molecule has 0 spiro atoms. The summed E-state index contributed by atoms with van der Waals surface area (Å²) in [4.78, 5) is 0. The Bertz CT molecular complexity index is 117. The van der Waals surface area contributed by atoms with E-state index in [-0.39, 0.29) is 0 Å². The standard InChI is InChI=1S/C4H10N4/c5-3-1-2-7-4(3)8-6/h7-8H,1-2,5-6H2. The molecule has 8 heavy (non-hydrogen) atoms. The molecule has 1 aliphatic heterocycles. The first-order valence-electron chi connectivity index (χ1n) is 2.53. The van der Waals surface area contributed by atoms with Gasteiger partial charge in [-0.15, -0.1) is 0 Å². The third kappa shape index (κ3) is 0.696. The monoisotopic (exact) mass is 114 g/mol. The molecular formula is C4H10N4. The molecule has 0 aromatic rings. The molecule has 0 aliphatic carbocycles. The van der Waals surface area contributed by atoms with Crippen molar-refractivity contribution in [2.45, 2.75) is 6.42 Å². The zero-order valence-electron chi connectivity index (χ0n) is 4.57. The van der Waals surface area contributed by atoms with Crippen LogP contribution in [-0.4, -0.2) is 6.54 Å². The smallest absolute Gasteiger partial charge is 0.132 e. The van der Waals surface area contributed by atoms with E-state index in [0.29, 0.717) is 0 Å². The van der Waals surface area contributed by atoms with Crippen LogP contribution in [0.1, 0.15) is 6.42 Å². The molecule has 0 bridgehead atoms. The Labute approximate surface area is 47.9 Å². The van der Waals surface area contributed by atoms with Crippen molar-refractivity contribution in [1.29, 1.82) is 0 Å². The number of hydrogen-bond acceptors (Lipinski definition) is 4. The number of hydrazine groups is 1. The molecule has 0 saturated heterocycles. The summed E-state index contributed by atoms with van der Waals surface area (Å²) in [6.07, 6.45) is 0.888. The molecule has 0 unspecified atom stereocenters. The molecule has 0 aromatic carbocycles. The van der Waals surface area contributed by atoms with Crippen LogP contribution in [0.3, 0.4) is 0 Å². The van der Waals surface area contributed by atoms with Crippen LogP contribution in [0.15, 0.2) is 11.5 Å². The van der Waals surface area contributed by atoms with Gasteiger partial charge in [0.2, 0.25) is 0 Å². The van der Waals surface area contributed by atoms with Crippen LogP contribution in [0.4, 0.5) is 0 Å². The molecule has 6 N–H and O–H groups in total. The minimum Gasteiger partial charge on any atom is -0.399 e. The van der Waals surface area contributed by atoms with E-state index in [0.717, 1.165) is 24.5 Å². The van der Waals surface area contributed by atoms with Gasteiger partial charge in [0.25, 0.3) is 0 Å². The lowest BCUT2D eigenvalue weighted by atomic mass is 10.4. The van der Waals surface area contributed by atoms with E-state index < -0.39 is 0 Å². The highest BCUT2D eigenvalue weighted by molar-refractivity contribution is 5.11. The Balaban J connectivity index is 2.58. The Morgan fingerprint density at radius 3 is 2.62 bits per heavy atom. The first-order valence-corrected chi connectivity index (χ1v) is 2.53. The third-order valence-corrected chi connectivity index (χ3v) is 1.16. The zero-order chi connectivity index (χ0) is 5.98. The minimum atomic E-state index is 0.769. The third-order valence-electron chi connectivity index (χ3n) is 1.16. The Morgan fingerprint density at radius 1 is 1.62 bits per heavy atom. The second kappa shape index (κ2) is 1.92. The quantitative estimate of drug-likeness (QED) is 0.249. The van der Waals surface area contributed by atoms with Crippen molar-refractivity contribution in [2.24, 2.45) is 11.6 Å². The van der Waals surface area contributed by atoms with Gasteiger partial charge < -0.3 is 16.5 Å². The molecule has 1 aliphatic rings. The van der Waals surface area contributed by atoms with Gasteiger partial charge in [0, 0.05) is 13.0 Å². The highest BCUT2D eigenvalue weighted by atomic mass is 15.3. The Hall–Kier alpha value is -0.900. The average molecular weight is 114 g/mol. The van der Waals surface area contributed by atoms with Crippen LogP contribution in [0, 0.1) is 0 Å². The maximum Gasteiger partial charge on any atom is 0.132 e. The minimum absolute atomic E-state index is 0.769. The SMILES string of the molecule is NNC1=C(N)CCN1. The molecule has 0 amide bonds. The highest BCUT2D eigenvalue weighted by Crippen LogP contribution is 2.01. The summed E-state index contributed by atoms with van der Waals surface area (Å²) in [5.74, 6) is 5.84. The van der Waals surface area contributed by atoms with Crippen molar-refractivity contribution in [3.63, 3.8) is 0 Å². The van der Waals surface area contributed by atoms with E-state index in [9.17, 15) is 0 Å². The summed E-state index contributed by atoms with van der Waals surface area (Å²) < 4.78 is 0. The summed E-state index contributed by atoms with van der Waals surface area (Å²) in [6, 6.07) is 0. The molecule has 0 fully saturated rings. The van der Waals surface area contributed by atoms with E-state index in [1.54, 1.807) is 0 Å².